The van der Waals surface area contributed by atoms with Gasteiger partial charge in [-0.2, -0.15) is 0 Å². The Labute approximate surface area is 168 Å². The van der Waals surface area contributed by atoms with Crippen molar-refractivity contribution < 1.29 is 13.2 Å². The molecule has 2 aromatic carbocycles. The first kappa shape index (κ1) is 20.0. The summed E-state index contributed by atoms with van der Waals surface area (Å²) in [6.07, 6.45) is 0.923. The van der Waals surface area contributed by atoms with Crippen LogP contribution in [0.4, 0.5) is 10.8 Å². The highest BCUT2D eigenvalue weighted by molar-refractivity contribution is 7.93. The van der Waals surface area contributed by atoms with Crippen LogP contribution in [0.3, 0.4) is 0 Å². The van der Waals surface area contributed by atoms with E-state index in [1.165, 1.54) is 17.7 Å². The lowest BCUT2D eigenvalue weighted by molar-refractivity contribution is 0.103. The fraction of sp³-hybridized carbons (Fsp3) is 0.200. The van der Waals surface area contributed by atoms with Gasteiger partial charge in [-0.3, -0.25) is 9.52 Å². The van der Waals surface area contributed by atoms with Gasteiger partial charge in [0.2, 0.25) is 0 Å². The van der Waals surface area contributed by atoms with Crippen LogP contribution in [0.15, 0.2) is 53.4 Å². The summed E-state index contributed by atoms with van der Waals surface area (Å²) >= 11 is 1.01. The Kier molecular flexibility index (Phi) is 5.81. The van der Waals surface area contributed by atoms with Crippen molar-refractivity contribution in [2.75, 3.05) is 10.0 Å². The normalized spacial score (nSPS) is 11.2. The number of nitrogens with zero attached hydrogens (tertiary/aromatic N) is 1. The summed E-state index contributed by atoms with van der Waals surface area (Å²) < 4.78 is 27.5. The van der Waals surface area contributed by atoms with Crippen LogP contribution < -0.4 is 10.0 Å². The minimum atomic E-state index is -3.76. The van der Waals surface area contributed by atoms with Gasteiger partial charge in [-0.25, -0.2) is 13.4 Å². The standard InChI is InChI=1S/C20H21N3O3S2/c1-4-15-7-9-16(10-8-15)22-19(24)18-14(3)21-20(27-18)23-28(25,26)17-11-5-13(2)6-12-17/h5-12H,4H2,1-3H3,(H,21,23)(H,22,24). The van der Waals surface area contributed by atoms with E-state index in [1.54, 1.807) is 19.1 Å². The number of carbonyl (C=O) groups is 1. The molecule has 0 saturated carbocycles. The molecule has 28 heavy (non-hydrogen) atoms. The summed E-state index contributed by atoms with van der Waals surface area (Å²) in [4.78, 5) is 17.3. The van der Waals surface area contributed by atoms with E-state index in [-0.39, 0.29) is 15.9 Å². The first-order chi connectivity index (χ1) is 13.3. The number of rotatable bonds is 6. The van der Waals surface area contributed by atoms with E-state index in [9.17, 15) is 13.2 Å². The Balaban J connectivity index is 1.76. The van der Waals surface area contributed by atoms with Crippen LogP contribution in [0.2, 0.25) is 0 Å². The number of carbonyl (C=O) groups excluding carboxylic acids is 1. The molecule has 8 heteroatoms. The van der Waals surface area contributed by atoms with Crippen LogP contribution in [0, 0.1) is 13.8 Å². The fourth-order valence-corrected chi connectivity index (χ4v) is 4.65. The first-order valence-electron chi connectivity index (χ1n) is 8.75. The fourth-order valence-electron chi connectivity index (χ4n) is 2.55. The summed E-state index contributed by atoms with van der Waals surface area (Å²) in [5.41, 5.74) is 3.29. The molecule has 0 aliphatic rings. The number of amides is 1. The lowest BCUT2D eigenvalue weighted by Gasteiger charge is -2.05. The van der Waals surface area contributed by atoms with Gasteiger partial charge in [0.15, 0.2) is 5.13 Å². The highest BCUT2D eigenvalue weighted by Crippen LogP contribution is 2.26. The molecule has 1 heterocycles. The molecule has 1 aromatic heterocycles. The number of hydrogen-bond donors (Lipinski definition) is 2. The van der Waals surface area contributed by atoms with E-state index in [1.807, 2.05) is 31.2 Å². The van der Waals surface area contributed by atoms with E-state index in [0.717, 1.165) is 23.3 Å². The van der Waals surface area contributed by atoms with Crippen molar-refractivity contribution in [3.63, 3.8) is 0 Å². The molecule has 3 aromatic rings. The average Bonchev–Trinajstić information content (AvgIpc) is 3.02. The van der Waals surface area contributed by atoms with Crippen molar-refractivity contribution in [2.24, 2.45) is 0 Å². The summed E-state index contributed by atoms with van der Waals surface area (Å²) in [5, 5.41) is 2.98. The van der Waals surface area contributed by atoms with Crippen molar-refractivity contribution in [1.82, 2.24) is 4.98 Å². The second-order valence-electron chi connectivity index (χ2n) is 6.36. The first-order valence-corrected chi connectivity index (χ1v) is 11.1. The van der Waals surface area contributed by atoms with Crippen LogP contribution in [0.5, 0.6) is 0 Å². The number of hydrogen-bond acceptors (Lipinski definition) is 5. The van der Waals surface area contributed by atoms with Crippen molar-refractivity contribution in [3.05, 3.63) is 70.2 Å². The van der Waals surface area contributed by atoms with Gasteiger partial charge in [-0.1, -0.05) is 48.1 Å². The zero-order valence-corrected chi connectivity index (χ0v) is 17.4. The predicted octanol–water partition coefficient (Wildman–Crippen LogP) is 4.38. The van der Waals surface area contributed by atoms with Crippen LogP contribution in [-0.4, -0.2) is 19.3 Å². The molecule has 0 saturated heterocycles. The van der Waals surface area contributed by atoms with Gasteiger partial charge in [-0.05, 0) is 50.1 Å². The molecule has 0 bridgehead atoms. The Morgan fingerprint density at radius 3 is 2.29 bits per heavy atom. The monoisotopic (exact) mass is 415 g/mol. The number of thiazole rings is 1. The lowest BCUT2D eigenvalue weighted by Crippen LogP contribution is -2.12. The van der Waals surface area contributed by atoms with Crippen LogP contribution in [-0.2, 0) is 16.4 Å². The van der Waals surface area contributed by atoms with Crippen molar-refractivity contribution in [1.29, 1.82) is 0 Å². The quantitative estimate of drug-likeness (QED) is 0.625. The average molecular weight is 416 g/mol. The third-order valence-corrected chi connectivity index (χ3v) is 6.73. The van der Waals surface area contributed by atoms with Crippen LogP contribution in [0.1, 0.15) is 33.4 Å². The molecule has 0 radical (unpaired) electrons. The molecular formula is C20H21N3O3S2. The molecule has 0 aliphatic carbocycles. The van der Waals surface area contributed by atoms with Gasteiger partial charge in [0.05, 0.1) is 10.6 Å². The van der Waals surface area contributed by atoms with E-state index in [2.05, 4.69) is 21.9 Å². The second-order valence-corrected chi connectivity index (χ2v) is 9.04. The van der Waals surface area contributed by atoms with E-state index in [0.29, 0.717) is 16.3 Å². The molecule has 0 atom stereocenters. The lowest BCUT2D eigenvalue weighted by atomic mass is 10.1. The Bertz CT molecular complexity index is 1090. The molecule has 0 unspecified atom stereocenters. The summed E-state index contributed by atoms with van der Waals surface area (Å²) in [6, 6.07) is 14.1. The minimum Gasteiger partial charge on any atom is -0.321 e. The molecule has 146 valence electrons. The maximum absolute atomic E-state index is 12.6. The van der Waals surface area contributed by atoms with E-state index < -0.39 is 10.0 Å². The maximum atomic E-state index is 12.6. The Morgan fingerprint density at radius 2 is 1.68 bits per heavy atom. The van der Waals surface area contributed by atoms with Crippen molar-refractivity contribution in [2.45, 2.75) is 32.1 Å². The molecule has 0 aliphatic heterocycles. The molecular weight excluding hydrogens is 394 g/mol. The number of anilines is 2. The highest BCUT2D eigenvalue weighted by Gasteiger charge is 2.20. The molecule has 6 nitrogen and oxygen atoms in total. The largest absolute Gasteiger partial charge is 0.321 e. The van der Waals surface area contributed by atoms with Gasteiger partial charge in [-0.15, -0.1) is 0 Å². The van der Waals surface area contributed by atoms with Crippen molar-refractivity contribution in [3.8, 4) is 0 Å². The minimum absolute atomic E-state index is 0.146. The van der Waals surface area contributed by atoms with E-state index >= 15 is 0 Å². The number of aryl methyl sites for hydroxylation is 3. The van der Waals surface area contributed by atoms with Crippen molar-refractivity contribution >= 4 is 38.1 Å². The van der Waals surface area contributed by atoms with Gasteiger partial charge in [0, 0.05) is 5.69 Å². The third-order valence-electron chi connectivity index (χ3n) is 4.18. The maximum Gasteiger partial charge on any atom is 0.267 e. The number of nitrogens with one attached hydrogen (secondary N) is 2. The predicted molar refractivity (Wildman–Crippen MR) is 113 cm³/mol. The third kappa shape index (κ3) is 4.58. The Morgan fingerprint density at radius 1 is 1.04 bits per heavy atom. The van der Waals surface area contributed by atoms with E-state index in [4.69, 9.17) is 0 Å². The number of aromatic nitrogens is 1. The van der Waals surface area contributed by atoms with Crippen LogP contribution in [0.25, 0.3) is 0 Å². The topological polar surface area (TPSA) is 88.2 Å². The smallest absolute Gasteiger partial charge is 0.267 e. The SMILES string of the molecule is CCc1ccc(NC(=O)c2sc(NS(=O)(=O)c3ccc(C)cc3)nc2C)cc1. The summed E-state index contributed by atoms with van der Waals surface area (Å²) in [7, 11) is -3.76. The zero-order chi connectivity index (χ0) is 20.3. The molecule has 1 amide bonds. The second kappa shape index (κ2) is 8.12. The summed E-state index contributed by atoms with van der Waals surface area (Å²) in [5.74, 6) is -0.319. The molecule has 0 spiro atoms. The molecule has 0 fully saturated rings. The van der Waals surface area contributed by atoms with Crippen LogP contribution >= 0.6 is 11.3 Å². The zero-order valence-electron chi connectivity index (χ0n) is 15.8. The number of benzene rings is 2. The van der Waals surface area contributed by atoms with Gasteiger partial charge in [0.1, 0.15) is 4.88 Å². The van der Waals surface area contributed by atoms with Gasteiger partial charge >= 0.3 is 0 Å². The summed E-state index contributed by atoms with van der Waals surface area (Å²) in [6.45, 7) is 5.62. The molecule has 2 N–H and O–H groups in total. The van der Waals surface area contributed by atoms with Gasteiger partial charge < -0.3 is 5.32 Å². The molecule has 3 rings (SSSR count). The van der Waals surface area contributed by atoms with Gasteiger partial charge in [0.25, 0.3) is 15.9 Å². The Hall–Kier alpha value is -2.71. The highest BCUT2D eigenvalue weighted by atomic mass is 32.2. The number of sulfonamides is 1.